The summed E-state index contributed by atoms with van der Waals surface area (Å²) in [5, 5.41) is 1.07. The maximum atomic E-state index is 11.4. The molecule has 0 fully saturated rings. The minimum atomic E-state index is -0.0575. The van der Waals surface area contributed by atoms with Crippen LogP contribution in [-0.2, 0) is 4.79 Å². The molecule has 2 heteroatoms. The molecule has 1 aromatic heterocycles. The van der Waals surface area contributed by atoms with Gasteiger partial charge in [-0.15, -0.1) is 0 Å². The van der Waals surface area contributed by atoms with Crippen LogP contribution < -0.4 is 0 Å². The highest BCUT2D eigenvalue weighted by atomic mass is 16.1. The molecule has 76 valence electrons. The van der Waals surface area contributed by atoms with Crippen LogP contribution in [0.4, 0.5) is 0 Å². The second-order valence-electron chi connectivity index (χ2n) is 3.75. The average Bonchev–Trinajstić information content (AvgIpc) is 2.27. The van der Waals surface area contributed by atoms with Crippen molar-refractivity contribution in [2.24, 2.45) is 0 Å². The van der Waals surface area contributed by atoms with Gasteiger partial charge in [0.25, 0.3) is 0 Å². The molecule has 1 heterocycles. The molecule has 2 nitrogen and oxygen atoms in total. The second kappa shape index (κ2) is 3.81. The van der Waals surface area contributed by atoms with Gasteiger partial charge >= 0.3 is 0 Å². The van der Waals surface area contributed by atoms with E-state index in [1.54, 1.807) is 13.1 Å². The van der Waals surface area contributed by atoms with E-state index in [1.165, 1.54) is 0 Å². The Hall–Kier alpha value is -1.70. The van der Waals surface area contributed by atoms with Gasteiger partial charge in [-0.1, -0.05) is 25.1 Å². The fourth-order valence-corrected chi connectivity index (χ4v) is 1.71. The lowest BCUT2D eigenvalue weighted by Gasteiger charge is -2.10. The number of fused-ring (bicyclic) bond motifs is 1. The van der Waals surface area contributed by atoms with Crippen molar-refractivity contribution in [2.45, 2.75) is 19.8 Å². The zero-order chi connectivity index (χ0) is 10.8. The largest absolute Gasteiger partial charge is 0.299 e. The van der Waals surface area contributed by atoms with Crippen LogP contribution >= 0.6 is 0 Å². The number of Topliss-reactive ketones (excluding diaryl/α,β-unsaturated/α-hetero) is 1. The molecule has 0 aliphatic rings. The summed E-state index contributed by atoms with van der Waals surface area (Å²) in [4.78, 5) is 15.6. The first-order chi connectivity index (χ1) is 7.20. The van der Waals surface area contributed by atoms with Gasteiger partial charge in [0, 0.05) is 17.5 Å². The molecule has 0 spiro atoms. The Bertz CT molecular complexity index is 499. The molecular formula is C13H13NO. The SMILES string of the molecule is CC(=O)C(C)c1ccnc2ccccc12. The maximum Gasteiger partial charge on any atom is 0.137 e. The highest BCUT2D eigenvalue weighted by molar-refractivity contribution is 5.90. The number of aromatic nitrogens is 1. The van der Waals surface area contributed by atoms with Crippen LogP contribution in [0.25, 0.3) is 10.9 Å². The number of rotatable bonds is 2. The van der Waals surface area contributed by atoms with Crippen molar-refractivity contribution in [3.8, 4) is 0 Å². The normalized spacial score (nSPS) is 12.7. The van der Waals surface area contributed by atoms with E-state index in [1.807, 2.05) is 37.3 Å². The number of para-hydroxylation sites is 1. The predicted molar refractivity (Wildman–Crippen MR) is 60.8 cm³/mol. The predicted octanol–water partition coefficient (Wildman–Crippen LogP) is 2.93. The molecule has 0 saturated carbocycles. The maximum absolute atomic E-state index is 11.4. The van der Waals surface area contributed by atoms with Gasteiger partial charge in [-0.25, -0.2) is 0 Å². The number of hydrogen-bond donors (Lipinski definition) is 0. The lowest BCUT2D eigenvalue weighted by Crippen LogP contribution is -2.05. The Kier molecular flexibility index (Phi) is 2.50. The van der Waals surface area contributed by atoms with Gasteiger partial charge in [-0.05, 0) is 24.6 Å². The van der Waals surface area contributed by atoms with Crippen molar-refractivity contribution in [1.82, 2.24) is 4.98 Å². The minimum absolute atomic E-state index is 0.0575. The zero-order valence-electron chi connectivity index (χ0n) is 8.90. The Morgan fingerprint density at radius 2 is 2.00 bits per heavy atom. The summed E-state index contributed by atoms with van der Waals surface area (Å²) in [6.07, 6.45) is 1.76. The molecule has 15 heavy (non-hydrogen) atoms. The third kappa shape index (κ3) is 1.75. The Morgan fingerprint density at radius 3 is 2.73 bits per heavy atom. The van der Waals surface area contributed by atoms with Crippen LogP contribution in [-0.4, -0.2) is 10.8 Å². The third-order valence-corrected chi connectivity index (χ3v) is 2.76. The van der Waals surface area contributed by atoms with Crippen molar-refractivity contribution in [3.63, 3.8) is 0 Å². The van der Waals surface area contributed by atoms with Crippen LogP contribution in [0.5, 0.6) is 0 Å². The molecular weight excluding hydrogens is 186 g/mol. The molecule has 0 bridgehead atoms. The van der Waals surface area contributed by atoms with Crippen LogP contribution in [0.3, 0.4) is 0 Å². The fourth-order valence-electron chi connectivity index (χ4n) is 1.71. The topological polar surface area (TPSA) is 30.0 Å². The van der Waals surface area contributed by atoms with Crippen LogP contribution in [0.2, 0.25) is 0 Å². The molecule has 2 aromatic rings. The summed E-state index contributed by atoms with van der Waals surface area (Å²) in [5.41, 5.74) is 2.01. The van der Waals surface area contributed by atoms with Crippen molar-refractivity contribution >= 4 is 16.7 Å². The summed E-state index contributed by atoms with van der Waals surface area (Å²) < 4.78 is 0. The first-order valence-corrected chi connectivity index (χ1v) is 5.04. The monoisotopic (exact) mass is 199 g/mol. The Labute approximate surface area is 89.0 Å². The van der Waals surface area contributed by atoms with Gasteiger partial charge in [0.2, 0.25) is 0 Å². The number of nitrogens with zero attached hydrogens (tertiary/aromatic N) is 1. The molecule has 1 unspecified atom stereocenters. The highest BCUT2D eigenvalue weighted by Crippen LogP contribution is 2.24. The van der Waals surface area contributed by atoms with Crippen molar-refractivity contribution in [2.75, 3.05) is 0 Å². The first-order valence-electron chi connectivity index (χ1n) is 5.04. The number of benzene rings is 1. The fraction of sp³-hybridized carbons (Fsp3) is 0.231. The van der Waals surface area contributed by atoms with Crippen LogP contribution in [0, 0.1) is 0 Å². The standard InChI is InChI=1S/C13H13NO/c1-9(10(2)15)11-7-8-14-13-6-4-3-5-12(11)13/h3-9H,1-2H3. The zero-order valence-corrected chi connectivity index (χ0v) is 8.90. The van der Waals surface area contributed by atoms with E-state index in [0.29, 0.717) is 0 Å². The second-order valence-corrected chi connectivity index (χ2v) is 3.75. The smallest absolute Gasteiger partial charge is 0.137 e. The van der Waals surface area contributed by atoms with Crippen molar-refractivity contribution < 1.29 is 4.79 Å². The number of ketones is 1. The molecule has 0 aliphatic carbocycles. The summed E-state index contributed by atoms with van der Waals surface area (Å²) in [7, 11) is 0. The third-order valence-electron chi connectivity index (χ3n) is 2.76. The number of carbonyl (C=O) groups is 1. The van der Waals surface area contributed by atoms with Gasteiger partial charge in [-0.3, -0.25) is 9.78 Å². The van der Waals surface area contributed by atoms with E-state index < -0.39 is 0 Å². The lowest BCUT2D eigenvalue weighted by atomic mass is 9.94. The molecule has 0 saturated heterocycles. The van der Waals surface area contributed by atoms with Crippen molar-refractivity contribution in [3.05, 3.63) is 42.1 Å². The van der Waals surface area contributed by atoms with E-state index in [9.17, 15) is 4.79 Å². The molecule has 0 N–H and O–H groups in total. The van der Waals surface area contributed by atoms with Gasteiger partial charge in [-0.2, -0.15) is 0 Å². The number of hydrogen-bond acceptors (Lipinski definition) is 2. The van der Waals surface area contributed by atoms with Gasteiger partial charge in [0.1, 0.15) is 5.78 Å². The van der Waals surface area contributed by atoms with Gasteiger partial charge in [0.15, 0.2) is 0 Å². The minimum Gasteiger partial charge on any atom is -0.299 e. The van der Waals surface area contributed by atoms with E-state index in [4.69, 9.17) is 0 Å². The number of carbonyl (C=O) groups excluding carboxylic acids is 1. The summed E-state index contributed by atoms with van der Waals surface area (Å²) in [6, 6.07) is 9.83. The lowest BCUT2D eigenvalue weighted by molar-refractivity contribution is -0.118. The van der Waals surface area contributed by atoms with Crippen LogP contribution in [0.15, 0.2) is 36.5 Å². The summed E-state index contributed by atoms with van der Waals surface area (Å²) in [6.45, 7) is 3.56. The Balaban J connectivity index is 2.65. The molecule has 0 radical (unpaired) electrons. The van der Waals surface area contributed by atoms with Crippen molar-refractivity contribution in [1.29, 1.82) is 0 Å². The molecule has 1 atom stereocenters. The van der Waals surface area contributed by atoms with E-state index in [0.717, 1.165) is 16.5 Å². The molecule has 2 rings (SSSR count). The van der Waals surface area contributed by atoms with E-state index in [2.05, 4.69) is 4.98 Å². The highest BCUT2D eigenvalue weighted by Gasteiger charge is 2.13. The van der Waals surface area contributed by atoms with Gasteiger partial charge < -0.3 is 0 Å². The first kappa shape index (κ1) is 9.84. The average molecular weight is 199 g/mol. The van der Waals surface area contributed by atoms with Crippen LogP contribution in [0.1, 0.15) is 25.3 Å². The van der Waals surface area contributed by atoms with E-state index >= 15 is 0 Å². The summed E-state index contributed by atoms with van der Waals surface area (Å²) >= 11 is 0. The Morgan fingerprint density at radius 1 is 1.27 bits per heavy atom. The molecule has 1 aromatic carbocycles. The quantitative estimate of drug-likeness (QED) is 0.744. The van der Waals surface area contributed by atoms with E-state index in [-0.39, 0.29) is 11.7 Å². The summed E-state index contributed by atoms with van der Waals surface area (Å²) in [5.74, 6) is 0.129. The number of pyridine rings is 1. The van der Waals surface area contributed by atoms with Gasteiger partial charge in [0.05, 0.1) is 5.52 Å². The molecule has 0 amide bonds. The molecule has 0 aliphatic heterocycles.